The Morgan fingerprint density at radius 1 is 1.02 bits per heavy atom. The van der Waals surface area contributed by atoms with Crippen LogP contribution in [0.25, 0.3) is 16.4 Å². The molecule has 9 nitrogen and oxygen atoms in total. The van der Waals surface area contributed by atoms with Gasteiger partial charge in [0.25, 0.3) is 0 Å². The van der Waals surface area contributed by atoms with Crippen LogP contribution in [0.2, 0.25) is 0 Å². The molecule has 0 radical (unpaired) electrons. The molecule has 11 heteroatoms. The Morgan fingerprint density at radius 3 is 2.41 bits per heavy atom. The van der Waals surface area contributed by atoms with Gasteiger partial charge in [0.15, 0.2) is 5.69 Å². The summed E-state index contributed by atoms with van der Waals surface area (Å²) in [4.78, 5) is 16.0. The van der Waals surface area contributed by atoms with Crippen LogP contribution in [-0.2, 0) is 22.9 Å². The zero-order chi connectivity index (χ0) is 28.6. The molecule has 0 aliphatic heterocycles. The van der Waals surface area contributed by atoms with Crippen molar-refractivity contribution in [3.63, 3.8) is 0 Å². The lowest BCUT2D eigenvalue weighted by Gasteiger charge is -2.10. The van der Waals surface area contributed by atoms with E-state index in [4.69, 9.17) is 15.0 Å². The molecule has 3 N–H and O–H groups in total. The Balaban J connectivity index is 1.47. The average Bonchev–Trinajstić information content (AvgIpc) is 3.51. The van der Waals surface area contributed by atoms with Gasteiger partial charge in [0, 0.05) is 22.9 Å². The van der Waals surface area contributed by atoms with Crippen molar-refractivity contribution in [3.8, 4) is 27.9 Å². The average molecular weight is 587 g/mol. The minimum absolute atomic E-state index is 0.0298. The molecule has 1 aliphatic carbocycles. The van der Waals surface area contributed by atoms with E-state index in [-0.39, 0.29) is 10.6 Å². The minimum Gasteiger partial charge on any atom is -0.476 e. The summed E-state index contributed by atoms with van der Waals surface area (Å²) in [5.74, 6) is 0.777. The lowest BCUT2D eigenvalue weighted by atomic mass is 9.97. The Morgan fingerprint density at radius 2 is 1.76 bits per heavy atom. The molecule has 0 saturated heterocycles. The summed E-state index contributed by atoms with van der Waals surface area (Å²) in [5.41, 5.74) is 4.33. The molecule has 0 spiro atoms. The Labute approximate surface area is 240 Å². The zero-order valence-corrected chi connectivity index (χ0v) is 23.4. The topological polar surface area (TPSA) is 137 Å². The number of hydrogen-bond donors (Lipinski definition) is 2. The second-order valence-electron chi connectivity index (χ2n) is 9.96. The number of sulfonamides is 1. The number of carboxylic acids is 1. The van der Waals surface area contributed by atoms with Crippen molar-refractivity contribution in [2.24, 2.45) is 11.1 Å². The van der Waals surface area contributed by atoms with E-state index in [9.17, 15) is 18.3 Å². The smallest absolute Gasteiger partial charge is 0.355 e. The highest BCUT2D eigenvalue weighted by molar-refractivity contribution is 7.89. The van der Waals surface area contributed by atoms with Crippen LogP contribution in [0.4, 0.5) is 0 Å². The van der Waals surface area contributed by atoms with Gasteiger partial charge in [-0.2, -0.15) is 5.10 Å². The molecule has 0 bridgehead atoms. The van der Waals surface area contributed by atoms with E-state index in [1.807, 2.05) is 54.6 Å². The van der Waals surface area contributed by atoms with Crippen LogP contribution in [0.15, 0.2) is 89.1 Å². The standard InChI is InChI=1S/C30H26N4O5S2/c31-41(37,38)24-13-11-19(12-14-24)15-25-27(16-20-9-10-20)34(30-32-26(18-40-30)29(35)36)33-28(25)21-5-4-8-23(17-21)39-22-6-2-1-3-7-22/h1-8,11-14,17-18,20H,9-10,15-16H2,(H,35,36)(H2,31,37,38). The third-order valence-corrected chi connectivity index (χ3v) is 8.63. The number of thiazole rings is 1. The van der Waals surface area contributed by atoms with E-state index in [0.29, 0.717) is 29.0 Å². The number of para-hydroxylation sites is 1. The molecule has 41 heavy (non-hydrogen) atoms. The van der Waals surface area contributed by atoms with Gasteiger partial charge in [-0.05, 0) is 67.1 Å². The van der Waals surface area contributed by atoms with Crippen LogP contribution in [0.5, 0.6) is 11.5 Å². The first-order valence-corrected chi connectivity index (χ1v) is 15.4. The lowest BCUT2D eigenvalue weighted by molar-refractivity contribution is 0.0691. The SMILES string of the molecule is NS(=O)(=O)c1ccc(Cc2c(-c3cccc(Oc4ccccc4)c3)nn(-c3nc(C(=O)O)cs3)c2CC2CC2)cc1. The Bertz CT molecular complexity index is 1830. The molecular weight excluding hydrogens is 560 g/mol. The fourth-order valence-corrected chi connectivity index (χ4v) is 5.95. The second kappa shape index (κ2) is 10.9. The fourth-order valence-electron chi connectivity index (χ4n) is 4.66. The molecule has 208 valence electrons. The van der Waals surface area contributed by atoms with Gasteiger partial charge >= 0.3 is 5.97 Å². The molecule has 5 aromatic rings. The van der Waals surface area contributed by atoms with Crippen molar-refractivity contribution < 1.29 is 23.1 Å². The highest BCUT2D eigenvalue weighted by atomic mass is 32.2. The third-order valence-electron chi connectivity index (χ3n) is 6.88. The van der Waals surface area contributed by atoms with Crippen molar-refractivity contribution >= 4 is 27.3 Å². The highest BCUT2D eigenvalue weighted by Gasteiger charge is 2.29. The van der Waals surface area contributed by atoms with Gasteiger partial charge in [-0.15, -0.1) is 11.3 Å². The summed E-state index contributed by atoms with van der Waals surface area (Å²) in [5, 5.41) is 21.8. The van der Waals surface area contributed by atoms with Crippen LogP contribution in [0.3, 0.4) is 0 Å². The van der Waals surface area contributed by atoms with Crippen molar-refractivity contribution in [2.75, 3.05) is 0 Å². The van der Waals surface area contributed by atoms with Crippen LogP contribution < -0.4 is 9.88 Å². The van der Waals surface area contributed by atoms with Crippen molar-refractivity contribution in [3.05, 3.63) is 107 Å². The van der Waals surface area contributed by atoms with Crippen molar-refractivity contribution in [2.45, 2.75) is 30.6 Å². The first kappa shape index (κ1) is 26.9. The maximum absolute atomic E-state index is 11.8. The monoisotopic (exact) mass is 586 g/mol. The summed E-state index contributed by atoms with van der Waals surface area (Å²) in [6.07, 6.45) is 3.46. The van der Waals surface area contributed by atoms with E-state index in [0.717, 1.165) is 47.3 Å². The number of primary sulfonamides is 1. The van der Waals surface area contributed by atoms with E-state index in [2.05, 4.69) is 4.98 Å². The Hall–Kier alpha value is -4.32. The number of nitrogens with two attached hydrogens (primary N) is 1. The van der Waals surface area contributed by atoms with Gasteiger partial charge in [0.1, 0.15) is 11.5 Å². The molecule has 0 amide bonds. The van der Waals surface area contributed by atoms with Crippen molar-refractivity contribution in [1.82, 2.24) is 14.8 Å². The van der Waals surface area contributed by atoms with Gasteiger partial charge in [0.05, 0.1) is 16.3 Å². The number of ether oxygens (including phenoxy) is 1. The number of carbonyl (C=O) groups is 1. The summed E-state index contributed by atoms with van der Waals surface area (Å²) in [6, 6.07) is 23.7. The van der Waals surface area contributed by atoms with Gasteiger partial charge in [-0.25, -0.2) is 28.0 Å². The van der Waals surface area contributed by atoms with Gasteiger partial charge in [-0.1, -0.05) is 42.5 Å². The van der Waals surface area contributed by atoms with Gasteiger partial charge in [-0.3, -0.25) is 0 Å². The minimum atomic E-state index is -3.81. The number of nitrogens with zero attached hydrogens (tertiary/aromatic N) is 3. The van der Waals surface area contributed by atoms with E-state index < -0.39 is 16.0 Å². The third kappa shape index (κ3) is 6.07. The molecule has 0 unspecified atom stereocenters. The number of aromatic carboxylic acids is 1. The van der Waals surface area contributed by atoms with Crippen molar-refractivity contribution in [1.29, 1.82) is 0 Å². The van der Waals surface area contributed by atoms with E-state index in [1.54, 1.807) is 16.8 Å². The molecule has 1 fully saturated rings. The van der Waals surface area contributed by atoms with E-state index in [1.165, 1.54) is 28.8 Å². The molecule has 0 atom stereocenters. The normalized spacial score (nSPS) is 13.3. The molecule has 3 aromatic carbocycles. The molecule has 1 saturated carbocycles. The molecule has 2 aromatic heterocycles. The number of aromatic nitrogens is 3. The van der Waals surface area contributed by atoms with Crippen LogP contribution >= 0.6 is 11.3 Å². The maximum atomic E-state index is 11.8. The number of carboxylic acid groups (broad SMARTS) is 1. The molecular formula is C30H26N4O5S2. The number of benzene rings is 3. The summed E-state index contributed by atoms with van der Waals surface area (Å²) >= 11 is 1.23. The maximum Gasteiger partial charge on any atom is 0.355 e. The number of hydrogen-bond acceptors (Lipinski definition) is 7. The predicted octanol–water partition coefficient (Wildman–Crippen LogP) is 5.68. The predicted molar refractivity (Wildman–Crippen MR) is 155 cm³/mol. The van der Waals surface area contributed by atoms with Crippen LogP contribution in [-0.4, -0.2) is 34.3 Å². The van der Waals surface area contributed by atoms with Crippen LogP contribution in [0.1, 0.15) is 40.2 Å². The van der Waals surface area contributed by atoms with Gasteiger partial charge < -0.3 is 9.84 Å². The van der Waals surface area contributed by atoms with E-state index >= 15 is 0 Å². The quantitative estimate of drug-likeness (QED) is 0.215. The summed E-state index contributed by atoms with van der Waals surface area (Å²) in [7, 11) is -3.81. The second-order valence-corrected chi connectivity index (χ2v) is 12.4. The summed E-state index contributed by atoms with van der Waals surface area (Å²) < 4.78 is 31.5. The number of rotatable bonds is 10. The zero-order valence-electron chi connectivity index (χ0n) is 21.8. The molecule has 2 heterocycles. The molecule has 6 rings (SSSR count). The van der Waals surface area contributed by atoms with Gasteiger partial charge in [0.2, 0.25) is 15.2 Å². The first-order chi connectivity index (χ1) is 19.7. The lowest BCUT2D eigenvalue weighted by Crippen LogP contribution is -2.12. The highest BCUT2D eigenvalue weighted by Crippen LogP contribution is 2.39. The largest absolute Gasteiger partial charge is 0.476 e. The summed E-state index contributed by atoms with van der Waals surface area (Å²) in [6.45, 7) is 0. The first-order valence-electron chi connectivity index (χ1n) is 13.0. The fraction of sp³-hybridized carbons (Fsp3) is 0.167. The Kier molecular flexibility index (Phi) is 7.16. The molecule has 1 aliphatic rings. The van der Waals surface area contributed by atoms with Crippen LogP contribution in [0, 0.1) is 5.92 Å².